The van der Waals surface area contributed by atoms with Gasteiger partial charge >= 0.3 is 37.7 Å². The monoisotopic (exact) mass is 468 g/mol. The van der Waals surface area contributed by atoms with Crippen molar-refractivity contribution in [1.29, 1.82) is 0 Å². The van der Waals surface area contributed by atoms with Crippen LogP contribution in [-0.2, 0) is 0 Å². The van der Waals surface area contributed by atoms with Gasteiger partial charge in [0.25, 0.3) is 0 Å². The Morgan fingerprint density at radius 2 is 0.833 bits per heavy atom. The summed E-state index contributed by atoms with van der Waals surface area (Å²) < 4.78 is 0. The number of allylic oxidation sites excluding steroid dienone is 4. The molecule has 0 amide bonds. The minimum atomic E-state index is -1.02. The predicted molar refractivity (Wildman–Crippen MR) is 169 cm³/mol. The molecule has 0 nitrogen and oxygen atoms in total. The van der Waals surface area contributed by atoms with E-state index in [9.17, 15) is 0 Å². The molecule has 0 bridgehead atoms. The van der Waals surface area contributed by atoms with Crippen LogP contribution in [0.1, 0.15) is 6.42 Å². The SMILES string of the molecule is C[SiH](C)C1=C(B(c2ccccc2)c2ccccc2)C(B(c2ccccc2)c2ccccc2)=CC1.[LiH].[LiH]. The van der Waals surface area contributed by atoms with Gasteiger partial charge in [-0.05, 0) is 6.42 Å². The van der Waals surface area contributed by atoms with E-state index in [-0.39, 0.29) is 51.1 Å². The van der Waals surface area contributed by atoms with Crippen LogP contribution in [0, 0.1) is 0 Å². The van der Waals surface area contributed by atoms with Crippen molar-refractivity contribution in [1.82, 2.24) is 0 Å². The molecule has 0 saturated heterocycles. The van der Waals surface area contributed by atoms with E-state index in [0.29, 0.717) is 0 Å². The Balaban J connectivity index is 0.00000180. The summed E-state index contributed by atoms with van der Waals surface area (Å²) in [5.74, 6) is 0. The molecule has 0 heterocycles. The van der Waals surface area contributed by atoms with Crippen molar-refractivity contribution < 1.29 is 0 Å². The zero-order chi connectivity index (χ0) is 23.3. The van der Waals surface area contributed by atoms with Crippen LogP contribution in [0.3, 0.4) is 0 Å². The molecular weight excluding hydrogens is 436 g/mol. The molecule has 5 rings (SSSR count). The Kier molecular flexibility index (Phi) is 10.6. The van der Waals surface area contributed by atoms with Crippen LogP contribution in [-0.4, -0.2) is 59.9 Å². The van der Waals surface area contributed by atoms with Gasteiger partial charge in [0.15, 0.2) is 0 Å². The fourth-order valence-corrected chi connectivity index (χ4v) is 7.00. The van der Waals surface area contributed by atoms with Gasteiger partial charge in [0.1, 0.15) is 0 Å². The molecule has 4 aromatic carbocycles. The van der Waals surface area contributed by atoms with Gasteiger partial charge in [0, 0.05) is 0 Å². The molecule has 0 unspecified atom stereocenters. The van der Waals surface area contributed by atoms with Crippen molar-refractivity contribution in [2.24, 2.45) is 0 Å². The maximum atomic E-state index is 2.54. The van der Waals surface area contributed by atoms with Gasteiger partial charge in [-0.15, -0.1) is 0 Å². The summed E-state index contributed by atoms with van der Waals surface area (Å²) in [6.45, 7) is 5.45. The van der Waals surface area contributed by atoms with Crippen molar-refractivity contribution in [3.8, 4) is 0 Å². The van der Waals surface area contributed by atoms with E-state index in [2.05, 4.69) is 140 Å². The first kappa shape index (κ1) is 28.5. The summed E-state index contributed by atoms with van der Waals surface area (Å²) in [6, 6.07) is 44.3. The van der Waals surface area contributed by atoms with Crippen LogP contribution in [0.2, 0.25) is 13.1 Å². The van der Waals surface area contributed by atoms with Crippen molar-refractivity contribution >= 4 is 81.8 Å². The average Bonchev–Trinajstić information content (AvgIpc) is 3.31. The number of hydrogen-bond donors (Lipinski definition) is 0. The van der Waals surface area contributed by atoms with E-state index in [4.69, 9.17) is 0 Å². The molecule has 168 valence electrons. The van der Waals surface area contributed by atoms with E-state index in [1.54, 1.807) is 10.7 Å². The van der Waals surface area contributed by atoms with E-state index in [1.807, 2.05) is 0 Å². The fraction of sp³-hybridized carbons (Fsp3) is 0.0968. The summed E-state index contributed by atoms with van der Waals surface area (Å²) in [5.41, 5.74) is 8.54. The van der Waals surface area contributed by atoms with Gasteiger partial charge in [-0.25, -0.2) is 0 Å². The summed E-state index contributed by atoms with van der Waals surface area (Å²) in [7, 11) is -1.02. The molecule has 0 N–H and O–H groups in total. The molecule has 0 spiro atoms. The summed E-state index contributed by atoms with van der Waals surface area (Å²) >= 11 is 0. The van der Waals surface area contributed by atoms with Gasteiger partial charge < -0.3 is 0 Å². The van der Waals surface area contributed by atoms with Crippen LogP contribution < -0.4 is 21.9 Å². The van der Waals surface area contributed by atoms with Crippen LogP contribution in [0.15, 0.2) is 144 Å². The maximum absolute atomic E-state index is 2.54. The molecule has 1 aliphatic rings. The summed E-state index contributed by atoms with van der Waals surface area (Å²) in [6.07, 6.45) is 3.63. The molecule has 0 radical (unpaired) electrons. The molecule has 0 fully saturated rings. The third-order valence-corrected chi connectivity index (χ3v) is 8.97. The Morgan fingerprint density at radius 3 is 1.17 bits per heavy atom. The van der Waals surface area contributed by atoms with E-state index in [1.165, 1.54) is 27.3 Å². The first-order valence-electron chi connectivity index (χ1n) is 12.4. The number of rotatable bonds is 7. The molecule has 0 saturated carbocycles. The quantitative estimate of drug-likeness (QED) is 0.366. The molecule has 4 aromatic rings. The van der Waals surface area contributed by atoms with Crippen molar-refractivity contribution in [2.45, 2.75) is 19.5 Å². The minimum absolute atomic E-state index is 0. The molecule has 5 heteroatoms. The second-order valence-electron chi connectivity index (χ2n) is 9.47. The van der Waals surface area contributed by atoms with Gasteiger partial charge in [0.2, 0.25) is 13.4 Å². The summed E-state index contributed by atoms with van der Waals surface area (Å²) in [4.78, 5) is 0. The van der Waals surface area contributed by atoms with Gasteiger partial charge in [0.05, 0.1) is 8.80 Å². The Hall–Kier alpha value is -2.10. The topological polar surface area (TPSA) is 0 Å². The third-order valence-electron chi connectivity index (χ3n) is 7.03. The molecule has 36 heavy (non-hydrogen) atoms. The molecular formula is C31H32B2Li2Si. The second kappa shape index (κ2) is 13.4. The first-order valence-corrected chi connectivity index (χ1v) is 15.3. The average molecular weight is 468 g/mol. The van der Waals surface area contributed by atoms with Gasteiger partial charge in [-0.2, -0.15) is 0 Å². The zero-order valence-electron chi connectivity index (χ0n) is 20.1. The van der Waals surface area contributed by atoms with Gasteiger partial charge in [-0.1, -0.05) is 178 Å². The third kappa shape index (κ3) is 6.06. The van der Waals surface area contributed by atoms with Crippen LogP contribution >= 0.6 is 0 Å². The second-order valence-corrected chi connectivity index (χ2v) is 12.5. The van der Waals surface area contributed by atoms with E-state index < -0.39 is 8.80 Å². The van der Waals surface area contributed by atoms with Crippen LogP contribution in [0.5, 0.6) is 0 Å². The van der Waals surface area contributed by atoms with Crippen LogP contribution in [0.4, 0.5) is 0 Å². The van der Waals surface area contributed by atoms with Crippen molar-refractivity contribution in [2.75, 3.05) is 0 Å². The molecule has 0 aliphatic heterocycles. The van der Waals surface area contributed by atoms with Crippen molar-refractivity contribution in [3.05, 3.63) is 144 Å². The van der Waals surface area contributed by atoms with Crippen molar-refractivity contribution in [3.63, 3.8) is 0 Å². The molecule has 0 atom stereocenters. The zero-order valence-corrected chi connectivity index (χ0v) is 21.2. The normalized spacial score (nSPS) is 12.5. The van der Waals surface area contributed by atoms with Gasteiger partial charge in [-0.3, -0.25) is 0 Å². The molecule has 0 aromatic heterocycles. The van der Waals surface area contributed by atoms with Crippen LogP contribution in [0.25, 0.3) is 0 Å². The fourth-order valence-electron chi connectivity index (χ4n) is 5.46. The number of hydrogen-bond acceptors (Lipinski definition) is 0. The standard InChI is InChI=1S/C31H30B2Si.2Li.2H/c1-34(2)30-24-23-29(32(25-15-7-3-8-16-25)26-17-9-4-10-18-26)31(30)33(27-19-11-5-12-20-27)28-21-13-6-14-22-28;;;;/h3-23,34H,24H2,1-2H3;;;;. The van der Waals surface area contributed by atoms with E-state index in [0.717, 1.165) is 6.42 Å². The number of benzene rings is 4. The molecule has 1 aliphatic carbocycles. The first-order chi connectivity index (χ1) is 16.7. The predicted octanol–water partition coefficient (Wildman–Crippen LogP) is 3.04. The van der Waals surface area contributed by atoms with E-state index >= 15 is 0 Å². The Morgan fingerprint density at radius 1 is 0.500 bits per heavy atom. The Bertz CT molecular complexity index is 1210. The Labute approximate surface area is 243 Å². The summed E-state index contributed by atoms with van der Waals surface area (Å²) in [5, 5.41) is 1.70.